The number of hydrogen-bond acceptors (Lipinski definition) is 1. The summed E-state index contributed by atoms with van der Waals surface area (Å²) in [6, 6.07) is 16.4. The van der Waals surface area contributed by atoms with Crippen LogP contribution in [0.2, 0.25) is 0 Å². The maximum absolute atomic E-state index is 5.80. The molecule has 84 valence electrons. The van der Waals surface area contributed by atoms with Gasteiger partial charge in [-0.05, 0) is 35.7 Å². The lowest BCUT2D eigenvalue weighted by molar-refractivity contribution is 1.47. The molecule has 0 heterocycles. The number of nitrogens with two attached hydrogens (primary N) is 1. The van der Waals surface area contributed by atoms with Crippen LogP contribution in [0.1, 0.15) is 19.4 Å². The normalized spacial score (nSPS) is 9.19. The highest BCUT2D eigenvalue weighted by Crippen LogP contribution is 2.22. The fourth-order valence-corrected chi connectivity index (χ4v) is 1.61. The molecule has 0 aliphatic rings. The molecule has 0 radical (unpaired) electrons. The molecule has 0 saturated carbocycles. The van der Waals surface area contributed by atoms with E-state index in [1.54, 1.807) is 0 Å². The fraction of sp³-hybridized carbons (Fsp3) is 0.200. The molecule has 0 bridgehead atoms. The molecule has 0 fully saturated rings. The quantitative estimate of drug-likeness (QED) is 0.703. The van der Waals surface area contributed by atoms with E-state index in [9.17, 15) is 0 Å². The highest BCUT2D eigenvalue weighted by Gasteiger charge is 1.98. The Morgan fingerprint density at radius 1 is 0.812 bits per heavy atom. The summed E-state index contributed by atoms with van der Waals surface area (Å²) >= 11 is 0. The Kier molecular flexibility index (Phi) is 4.59. The summed E-state index contributed by atoms with van der Waals surface area (Å²) < 4.78 is 0. The number of benzene rings is 2. The molecular weight excluding hydrogens is 194 g/mol. The van der Waals surface area contributed by atoms with Crippen LogP contribution in [0.5, 0.6) is 0 Å². The van der Waals surface area contributed by atoms with Crippen molar-refractivity contribution in [2.45, 2.75) is 20.8 Å². The first-order valence-corrected chi connectivity index (χ1v) is 5.68. The van der Waals surface area contributed by atoms with E-state index in [0.717, 1.165) is 5.69 Å². The molecule has 0 aliphatic heterocycles. The molecular formula is C15H19N. The average Bonchev–Trinajstić information content (AvgIpc) is 2.32. The van der Waals surface area contributed by atoms with Crippen molar-refractivity contribution in [3.8, 4) is 11.1 Å². The molecule has 0 atom stereocenters. The predicted octanol–water partition coefficient (Wildman–Crippen LogP) is 4.27. The monoisotopic (exact) mass is 213 g/mol. The maximum atomic E-state index is 5.80. The Morgan fingerprint density at radius 2 is 1.44 bits per heavy atom. The number of nitrogen functional groups attached to an aromatic ring is 1. The van der Waals surface area contributed by atoms with Crippen molar-refractivity contribution in [2.24, 2.45) is 0 Å². The van der Waals surface area contributed by atoms with Gasteiger partial charge in [-0.15, -0.1) is 0 Å². The van der Waals surface area contributed by atoms with Gasteiger partial charge in [-0.25, -0.2) is 0 Å². The molecule has 0 aromatic heterocycles. The van der Waals surface area contributed by atoms with Crippen molar-refractivity contribution in [3.63, 3.8) is 0 Å². The Morgan fingerprint density at radius 3 is 2.00 bits per heavy atom. The predicted molar refractivity (Wildman–Crippen MR) is 72.4 cm³/mol. The molecule has 0 spiro atoms. The summed E-state index contributed by atoms with van der Waals surface area (Å²) in [5.74, 6) is 0. The zero-order valence-corrected chi connectivity index (χ0v) is 10.2. The number of aryl methyl sites for hydroxylation is 1. The van der Waals surface area contributed by atoms with Gasteiger partial charge in [0.05, 0.1) is 0 Å². The molecule has 0 saturated heterocycles. The Bertz CT molecular complexity index is 412. The topological polar surface area (TPSA) is 26.0 Å². The number of hydrogen-bond donors (Lipinski definition) is 1. The van der Waals surface area contributed by atoms with Gasteiger partial charge >= 0.3 is 0 Å². The SMILES string of the molecule is CC.Cc1cc(N)cc(-c2ccccc2)c1. The lowest BCUT2D eigenvalue weighted by Gasteiger charge is -2.04. The second-order valence-electron chi connectivity index (χ2n) is 3.50. The molecule has 0 aliphatic carbocycles. The molecule has 1 nitrogen and oxygen atoms in total. The first-order valence-electron chi connectivity index (χ1n) is 5.68. The van der Waals surface area contributed by atoms with Crippen LogP contribution < -0.4 is 5.73 Å². The third-order valence-electron chi connectivity index (χ3n) is 2.21. The summed E-state index contributed by atoms with van der Waals surface area (Å²) in [5.41, 5.74) is 10.2. The largest absolute Gasteiger partial charge is 0.399 e. The van der Waals surface area contributed by atoms with Gasteiger partial charge in [-0.2, -0.15) is 0 Å². The third kappa shape index (κ3) is 3.13. The van der Waals surface area contributed by atoms with Crippen molar-refractivity contribution in [1.29, 1.82) is 0 Å². The van der Waals surface area contributed by atoms with E-state index in [2.05, 4.69) is 25.1 Å². The minimum Gasteiger partial charge on any atom is -0.399 e. The zero-order chi connectivity index (χ0) is 12.0. The maximum Gasteiger partial charge on any atom is 0.0322 e. The summed E-state index contributed by atoms with van der Waals surface area (Å²) in [7, 11) is 0. The average molecular weight is 213 g/mol. The molecule has 0 unspecified atom stereocenters. The fourth-order valence-electron chi connectivity index (χ4n) is 1.61. The van der Waals surface area contributed by atoms with Gasteiger partial charge < -0.3 is 5.73 Å². The van der Waals surface area contributed by atoms with E-state index in [4.69, 9.17) is 5.73 Å². The van der Waals surface area contributed by atoms with Crippen molar-refractivity contribution in [2.75, 3.05) is 5.73 Å². The van der Waals surface area contributed by atoms with Gasteiger partial charge in [0.2, 0.25) is 0 Å². The zero-order valence-electron chi connectivity index (χ0n) is 10.2. The van der Waals surface area contributed by atoms with Crippen molar-refractivity contribution >= 4 is 5.69 Å². The van der Waals surface area contributed by atoms with Crippen LogP contribution in [0.25, 0.3) is 11.1 Å². The molecule has 2 rings (SSSR count). The Balaban J connectivity index is 0.000000606. The van der Waals surface area contributed by atoms with E-state index in [1.807, 2.05) is 44.2 Å². The summed E-state index contributed by atoms with van der Waals surface area (Å²) in [5, 5.41) is 0. The summed E-state index contributed by atoms with van der Waals surface area (Å²) in [4.78, 5) is 0. The first-order chi connectivity index (χ1) is 7.75. The number of anilines is 1. The van der Waals surface area contributed by atoms with Gasteiger partial charge in [-0.1, -0.05) is 50.2 Å². The van der Waals surface area contributed by atoms with Gasteiger partial charge in [0, 0.05) is 5.69 Å². The lowest BCUT2D eigenvalue weighted by atomic mass is 10.0. The number of rotatable bonds is 1. The van der Waals surface area contributed by atoms with E-state index in [0.29, 0.717) is 0 Å². The first kappa shape index (κ1) is 12.3. The van der Waals surface area contributed by atoms with E-state index >= 15 is 0 Å². The van der Waals surface area contributed by atoms with Gasteiger partial charge in [0.25, 0.3) is 0 Å². The van der Waals surface area contributed by atoms with Crippen molar-refractivity contribution in [3.05, 3.63) is 54.1 Å². The van der Waals surface area contributed by atoms with Crippen molar-refractivity contribution in [1.82, 2.24) is 0 Å². The summed E-state index contributed by atoms with van der Waals surface area (Å²) in [6.07, 6.45) is 0. The van der Waals surface area contributed by atoms with Crippen LogP contribution in [0.4, 0.5) is 5.69 Å². The molecule has 0 amide bonds. The molecule has 16 heavy (non-hydrogen) atoms. The second kappa shape index (κ2) is 5.96. The van der Waals surface area contributed by atoms with Crippen LogP contribution in [-0.2, 0) is 0 Å². The molecule has 1 heteroatoms. The van der Waals surface area contributed by atoms with Gasteiger partial charge in [0.15, 0.2) is 0 Å². The van der Waals surface area contributed by atoms with Crippen LogP contribution in [-0.4, -0.2) is 0 Å². The van der Waals surface area contributed by atoms with Crippen LogP contribution >= 0.6 is 0 Å². The molecule has 2 N–H and O–H groups in total. The van der Waals surface area contributed by atoms with Gasteiger partial charge in [0.1, 0.15) is 0 Å². The van der Waals surface area contributed by atoms with E-state index in [1.165, 1.54) is 16.7 Å². The minimum absolute atomic E-state index is 0.823. The van der Waals surface area contributed by atoms with Crippen molar-refractivity contribution < 1.29 is 0 Å². The minimum atomic E-state index is 0.823. The summed E-state index contributed by atoms with van der Waals surface area (Å²) in [6.45, 7) is 6.06. The van der Waals surface area contributed by atoms with Crippen LogP contribution in [0.3, 0.4) is 0 Å². The Hall–Kier alpha value is -1.76. The lowest BCUT2D eigenvalue weighted by Crippen LogP contribution is -1.87. The smallest absolute Gasteiger partial charge is 0.0322 e. The second-order valence-corrected chi connectivity index (χ2v) is 3.50. The van der Waals surface area contributed by atoms with Crippen LogP contribution in [0, 0.1) is 6.92 Å². The van der Waals surface area contributed by atoms with Gasteiger partial charge in [-0.3, -0.25) is 0 Å². The molecule has 2 aromatic carbocycles. The Labute approximate surface area is 97.9 Å². The standard InChI is InChI=1S/C13H13N.C2H6/c1-10-7-12(9-13(14)8-10)11-5-3-2-4-6-11;1-2/h2-9H,14H2,1H3;1-2H3. The van der Waals surface area contributed by atoms with E-state index in [-0.39, 0.29) is 0 Å². The highest BCUT2D eigenvalue weighted by atomic mass is 14.5. The van der Waals surface area contributed by atoms with Crippen LogP contribution in [0.15, 0.2) is 48.5 Å². The van der Waals surface area contributed by atoms with E-state index < -0.39 is 0 Å². The third-order valence-corrected chi connectivity index (χ3v) is 2.21. The molecule has 2 aromatic rings. The highest BCUT2D eigenvalue weighted by molar-refractivity contribution is 5.68.